The first-order valence-corrected chi connectivity index (χ1v) is 14.0. The summed E-state index contributed by atoms with van der Waals surface area (Å²) in [5.41, 5.74) is 20.3. The molecule has 5 aromatic rings. The summed E-state index contributed by atoms with van der Waals surface area (Å²) < 4.78 is 2.62. The molecule has 33 heavy (non-hydrogen) atoms. The maximum absolute atomic E-state index is 6.40. The molecule has 5 rings (SSSR count). The van der Waals surface area contributed by atoms with Gasteiger partial charge in [-0.1, -0.05) is 12.1 Å². The van der Waals surface area contributed by atoms with E-state index in [1.165, 1.54) is 39.7 Å². The molecular weight excluding hydrogens is 485 g/mol. The predicted octanol–water partition coefficient (Wildman–Crippen LogP) is 7.58. The summed E-state index contributed by atoms with van der Waals surface area (Å²) in [7, 11) is 1.97. The number of nitrogen functional groups attached to an aromatic ring is 1. The molecule has 1 aromatic carbocycles. The molecule has 0 bridgehead atoms. The molecule has 0 radical (unpaired) electrons. The zero-order valence-electron chi connectivity index (χ0n) is 19.3. The van der Waals surface area contributed by atoms with Crippen molar-refractivity contribution in [2.45, 2.75) is 38.8 Å². The Labute approximate surface area is 210 Å². The lowest BCUT2D eigenvalue weighted by Crippen LogP contribution is -2.27. The highest BCUT2D eigenvalue weighted by Crippen LogP contribution is 2.49. The van der Waals surface area contributed by atoms with Crippen LogP contribution in [0.2, 0.25) is 0 Å². The summed E-state index contributed by atoms with van der Waals surface area (Å²) in [6.07, 6.45) is 0. The largest absolute Gasteiger partial charge is 0.398 e. The minimum Gasteiger partial charge on any atom is -0.398 e. The van der Waals surface area contributed by atoms with Crippen LogP contribution >= 0.6 is 45.3 Å². The van der Waals surface area contributed by atoms with Gasteiger partial charge in [0.2, 0.25) is 0 Å². The van der Waals surface area contributed by atoms with Crippen LogP contribution in [0.5, 0.6) is 0 Å². The van der Waals surface area contributed by atoms with E-state index in [-0.39, 0.29) is 5.54 Å². The highest BCUT2D eigenvalue weighted by atomic mass is 32.1. The van der Waals surface area contributed by atoms with Gasteiger partial charge in [-0.15, -0.1) is 45.3 Å². The first-order chi connectivity index (χ1) is 15.5. The van der Waals surface area contributed by atoms with Crippen LogP contribution in [0.3, 0.4) is 0 Å². The molecule has 172 valence electrons. The molecule has 4 nitrogen and oxygen atoms in total. The fourth-order valence-electron chi connectivity index (χ4n) is 3.81. The van der Waals surface area contributed by atoms with E-state index < -0.39 is 5.54 Å². The number of fused-ring (bicyclic) bond motifs is 3. The van der Waals surface area contributed by atoms with Gasteiger partial charge in [0, 0.05) is 37.6 Å². The number of nitrogens with two attached hydrogens (primary N) is 3. The van der Waals surface area contributed by atoms with E-state index in [0.717, 1.165) is 21.1 Å². The van der Waals surface area contributed by atoms with Gasteiger partial charge in [0.1, 0.15) is 0 Å². The normalized spacial score (nSPS) is 12.8. The van der Waals surface area contributed by atoms with Crippen molar-refractivity contribution in [1.82, 2.24) is 0 Å². The lowest BCUT2D eigenvalue weighted by atomic mass is 10.1. The smallest absolute Gasteiger partial charge is 0.0678 e. The molecule has 0 saturated carbocycles. The lowest BCUT2D eigenvalue weighted by Gasteiger charge is -2.15. The van der Waals surface area contributed by atoms with Crippen LogP contribution in [-0.4, -0.2) is 7.05 Å². The molecule has 0 spiro atoms. The van der Waals surface area contributed by atoms with Gasteiger partial charge < -0.3 is 22.5 Å². The van der Waals surface area contributed by atoms with E-state index in [0.29, 0.717) is 0 Å². The topological polar surface area (TPSA) is 90.1 Å². The Morgan fingerprint density at radius 3 is 1.67 bits per heavy atom. The molecule has 4 aromatic heterocycles. The monoisotopic (exact) mass is 512 g/mol. The van der Waals surface area contributed by atoms with Crippen molar-refractivity contribution in [2.24, 2.45) is 11.5 Å². The number of hydrogen-bond donors (Lipinski definition) is 4. The van der Waals surface area contributed by atoms with Crippen molar-refractivity contribution >= 4 is 76.9 Å². The molecule has 0 saturated heterocycles. The van der Waals surface area contributed by atoms with Gasteiger partial charge in [-0.05, 0) is 62.7 Å². The lowest BCUT2D eigenvalue weighted by molar-refractivity contribution is 0.567. The Bertz CT molecular complexity index is 1480. The zero-order valence-corrected chi connectivity index (χ0v) is 22.6. The minimum absolute atomic E-state index is 0.362. The third kappa shape index (κ3) is 3.99. The van der Waals surface area contributed by atoms with Crippen LogP contribution < -0.4 is 22.5 Å². The van der Waals surface area contributed by atoms with Gasteiger partial charge in [-0.2, -0.15) is 0 Å². The summed E-state index contributed by atoms with van der Waals surface area (Å²) in [5, 5.41) is 5.87. The molecule has 0 fully saturated rings. The third-order valence-electron chi connectivity index (χ3n) is 5.65. The number of benzene rings is 1. The van der Waals surface area contributed by atoms with E-state index >= 15 is 0 Å². The molecule has 0 aliphatic heterocycles. The summed E-state index contributed by atoms with van der Waals surface area (Å²) in [4.78, 5) is 7.10. The molecule has 0 aliphatic rings. The second kappa shape index (κ2) is 7.80. The molecule has 0 unspecified atom stereocenters. The first kappa shape index (κ1) is 22.8. The summed E-state index contributed by atoms with van der Waals surface area (Å²) in [5.74, 6) is 0. The number of hydrogen-bond acceptors (Lipinski definition) is 8. The second-order valence-corrected chi connectivity index (χ2v) is 13.8. The van der Waals surface area contributed by atoms with Crippen molar-refractivity contribution in [2.75, 3.05) is 18.1 Å². The van der Waals surface area contributed by atoms with Gasteiger partial charge >= 0.3 is 0 Å². The van der Waals surface area contributed by atoms with Crippen LogP contribution in [0, 0.1) is 0 Å². The van der Waals surface area contributed by atoms with Gasteiger partial charge in [0.15, 0.2) is 0 Å². The van der Waals surface area contributed by atoms with Crippen molar-refractivity contribution in [3.8, 4) is 19.5 Å². The Kier molecular flexibility index (Phi) is 5.39. The average Bonchev–Trinajstić information content (AvgIpc) is 3.47. The molecule has 4 heterocycles. The summed E-state index contributed by atoms with van der Waals surface area (Å²) in [6.45, 7) is 8.14. The van der Waals surface area contributed by atoms with E-state index in [4.69, 9.17) is 17.2 Å². The maximum Gasteiger partial charge on any atom is 0.0678 e. The molecule has 0 aliphatic carbocycles. The minimum atomic E-state index is -0.397. The Morgan fingerprint density at radius 2 is 1.18 bits per heavy atom. The Balaban J connectivity index is 1.64. The zero-order chi connectivity index (χ0) is 23.7. The quantitative estimate of drug-likeness (QED) is 0.195. The molecule has 8 heteroatoms. The number of thiophene rings is 4. The van der Waals surface area contributed by atoms with Gasteiger partial charge in [0.05, 0.1) is 30.5 Å². The molecule has 0 atom stereocenters. The summed E-state index contributed by atoms with van der Waals surface area (Å²) in [6, 6.07) is 13.2. The highest BCUT2D eigenvalue weighted by molar-refractivity contribution is 7.32. The fraction of sp³-hybridized carbons (Fsp3) is 0.280. The standard InChI is InChI=1S/C25H28N4S4/c1-24(2,27)18-10-14(26)22(32-18)16-8-12-6-7-13-9-17(31-21(13)20(12)30-16)23-15(29-5)11-19(33-23)25(3,4)28/h6-11,29H,26-28H2,1-5H3. The highest BCUT2D eigenvalue weighted by Gasteiger charge is 2.23. The Morgan fingerprint density at radius 1 is 0.697 bits per heavy atom. The van der Waals surface area contributed by atoms with Crippen LogP contribution in [0.25, 0.3) is 39.7 Å². The first-order valence-electron chi connectivity index (χ1n) is 10.7. The van der Waals surface area contributed by atoms with Gasteiger partial charge in [-0.3, -0.25) is 0 Å². The molecule has 0 amide bonds. The fourth-order valence-corrected chi connectivity index (χ4v) is 8.79. The average molecular weight is 513 g/mol. The second-order valence-electron chi connectivity index (χ2n) is 9.57. The molecular formula is C25H28N4S4. The summed E-state index contributed by atoms with van der Waals surface area (Å²) >= 11 is 7.13. The SMILES string of the molecule is CNc1cc(C(C)(C)N)sc1-c1cc2ccc3cc(-c4sc(C(C)(C)N)cc4N)sc3c2s1. The number of anilines is 2. The Hall–Kier alpha value is -1.94. The van der Waals surface area contributed by atoms with Crippen LogP contribution in [0.1, 0.15) is 37.4 Å². The number of nitrogens with one attached hydrogen (secondary N) is 1. The third-order valence-corrected chi connectivity index (χ3v) is 11.4. The van der Waals surface area contributed by atoms with Gasteiger partial charge in [-0.25, -0.2) is 0 Å². The van der Waals surface area contributed by atoms with Crippen molar-refractivity contribution in [3.63, 3.8) is 0 Å². The van der Waals surface area contributed by atoms with Crippen molar-refractivity contribution < 1.29 is 0 Å². The van der Waals surface area contributed by atoms with Gasteiger partial charge in [0.25, 0.3) is 0 Å². The maximum atomic E-state index is 6.40. The van der Waals surface area contributed by atoms with E-state index in [1.54, 1.807) is 22.7 Å². The van der Waals surface area contributed by atoms with Crippen molar-refractivity contribution in [1.29, 1.82) is 0 Å². The number of rotatable bonds is 5. The van der Waals surface area contributed by atoms with E-state index in [2.05, 4.69) is 49.5 Å². The van der Waals surface area contributed by atoms with E-state index in [9.17, 15) is 0 Å². The predicted molar refractivity (Wildman–Crippen MR) is 152 cm³/mol. The van der Waals surface area contributed by atoms with Crippen LogP contribution in [0.15, 0.2) is 36.4 Å². The molecule has 7 N–H and O–H groups in total. The van der Waals surface area contributed by atoms with E-state index in [1.807, 2.05) is 49.6 Å². The van der Waals surface area contributed by atoms with Crippen LogP contribution in [0.4, 0.5) is 11.4 Å². The van der Waals surface area contributed by atoms with Crippen LogP contribution in [-0.2, 0) is 11.1 Å². The van der Waals surface area contributed by atoms with Crippen molar-refractivity contribution in [3.05, 3.63) is 46.2 Å².